The molecule has 1 aliphatic heterocycles. The first-order valence-electron chi connectivity index (χ1n) is 6.39. The molecule has 0 bridgehead atoms. The van der Waals surface area contributed by atoms with Gasteiger partial charge in [0.1, 0.15) is 0 Å². The Bertz CT molecular complexity index is 163. The largest absolute Gasteiger partial charge is 0.378 e. The van der Waals surface area contributed by atoms with E-state index in [1.165, 1.54) is 0 Å². The molecule has 0 aromatic heterocycles. The molecule has 0 saturated carbocycles. The van der Waals surface area contributed by atoms with Crippen LogP contribution in [0.2, 0.25) is 0 Å². The molecule has 0 unspecified atom stereocenters. The van der Waals surface area contributed by atoms with Crippen molar-refractivity contribution < 1.29 is 14.2 Å². The molecule has 0 aromatic carbocycles. The lowest BCUT2D eigenvalue weighted by molar-refractivity contribution is 0.0118. The Hall–Kier alpha value is -0.200. The van der Waals surface area contributed by atoms with E-state index in [0.717, 1.165) is 39.4 Å². The van der Waals surface area contributed by atoms with E-state index in [0.29, 0.717) is 26.4 Å². The second-order valence-electron chi connectivity index (χ2n) is 4.44. The highest BCUT2D eigenvalue weighted by atomic mass is 16.5. The highest BCUT2D eigenvalue weighted by Crippen LogP contribution is 1.90. The smallest absolute Gasteiger partial charge is 0.0701 e. The van der Waals surface area contributed by atoms with Gasteiger partial charge < -0.3 is 24.0 Å². The molecule has 17 heavy (non-hydrogen) atoms. The molecule has 5 nitrogen and oxygen atoms in total. The number of rotatable bonds is 0. The van der Waals surface area contributed by atoms with Gasteiger partial charge in [-0.2, -0.15) is 0 Å². The third-order valence-electron chi connectivity index (χ3n) is 2.84. The minimum atomic E-state index is 0.660. The first-order valence-corrected chi connectivity index (χ1v) is 6.39. The summed E-state index contributed by atoms with van der Waals surface area (Å²) < 4.78 is 16.4. The van der Waals surface area contributed by atoms with Crippen LogP contribution < -0.4 is 0 Å². The van der Waals surface area contributed by atoms with Crippen molar-refractivity contribution in [1.29, 1.82) is 0 Å². The molecule has 0 atom stereocenters. The minimum Gasteiger partial charge on any atom is -0.378 e. The third-order valence-corrected chi connectivity index (χ3v) is 2.84. The van der Waals surface area contributed by atoms with Crippen molar-refractivity contribution in [2.24, 2.45) is 0 Å². The lowest BCUT2D eigenvalue weighted by Gasteiger charge is -2.21. The first kappa shape index (κ1) is 14.9. The molecule has 1 heterocycles. The van der Waals surface area contributed by atoms with Gasteiger partial charge in [0, 0.05) is 26.2 Å². The molecule has 0 spiro atoms. The van der Waals surface area contributed by atoms with Crippen LogP contribution in [0, 0.1) is 0 Å². The summed E-state index contributed by atoms with van der Waals surface area (Å²) in [5, 5.41) is 0. The van der Waals surface area contributed by atoms with Gasteiger partial charge in [0.25, 0.3) is 0 Å². The van der Waals surface area contributed by atoms with E-state index in [2.05, 4.69) is 23.9 Å². The van der Waals surface area contributed by atoms with Gasteiger partial charge in [-0.25, -0.2) is 0 Å². The number of likely N-dealkylation sites (N-methyl/N-ethyl adjacent to an activating group) is 2. The molecular weight excluding hydrogens is 220 g/mol. The Morgan fingerprint density at radius 3 is 1.29 bits per heavy atom. The van der Waals surface area contributed by atoms with Crippen LogP contribution in [-0.2, 0) is 14.2 Å². The topological polar surface area (TPSA) is 34.2 Å². The summed E-state index contributed by atoms with van der Waals surface area (Å²) in [4.78, 5) is 4.58. The summed E-state index contributed by atoms with van der Waals surface area (Å²) in [6, 6.07) is 0. The predicted molar refractivity (Wildman–Crippen MR) is 67.5 cm³/mol. The number of nitrogens with zero attached hydrogens (tertiary/aromatic N) is 2. The van der Waals surface area contributed by atoms with Gasteiger partial charge in [0.15, 0.2) is 0 Å². The molecule has 0 aromatic rings. The Kier molecular flexibility index (Phi) is 8.56. The molecule has 1 fully saturated rings. The number of hydrogen-bond donors (Lipinski definition) is 0. The Balaban J connectivity index is 2.20. The van der Waals surface area contributed by atoms with Gasteiger partial charge in [-0.15, -0.1) is 0 Å². The summed E-state index contributed by atoms with van der Waals surface area (Å²) in [7, 11) is 4.25. The average Bonchev–Trinajstić information content (AvgIpc) is 2.33. The fraction of sp³-hybridized carbons (Fsp3) is 1.00. The maximum Gasteiger partial charge on any atom is 0.0701 e. The number of ether oxygens (including phenoxy) is 3. The molecule has 5 heteroatoms. The second-order valence-corrected chi connectivity index (χ2v) is 4.44. The van der Waals surface area contributed by atoms with Gasteiger partial charge >= 0.3 is 0 Å². The molecule has 102 valence electrons. The third kappa shape index (κ3) is 8.51. The molecule has 1 rings (SSSR count). The Morgan fingerprint density at radius 1 is 0.529 bits per heavy atom. The van der Waals surface area contributed by atoms with Crippen molar-refractivity contribution in [3.05, 3.63) is 0 Å². The van der Waals surface area contributed by atoms with Crippen LogP contribution >= 0.6 is 0 Å². The molecule has 0 N–H and O–H groups in total. The van der Waals surface area contributed by atoms with E-state index in [-0.39, 0.29) is 0 Å². The van der Waals surface area contributed by atoms with Gasteiger partial charge in [-0.3, -0.25) is 0 Å². The van der Waals surface area contributed by atoms with E-state index in [9.17, 15) is 0 Å². The zero-order valence-electron chi connectivity index (χ0n) is 11.2. The SMILES string of the molecule is CN1CCOCCOCCOCCN(C)CC1. The van der Waals surface area contributed by atoms with Gasteiger partial charge in [-0.1, -0.05) is 0 Å². The highest BCUT2D eigenvalue weighted by Gasteiger charge is 2.03. The summed E-state index contributed by atoms with van der Waals surface area (Å²) in [6.45, 7) is 8.31. The zero-order valence-corrected chi connectivity index (χ0v) is 11.2. The molecule has 1 saturated heterocycles. The monoisotopic (exact) mass is 246 g/mol. The van der Waals surface area contributed by atoms with Crippen LogP contribution in [0.1, 0.15) is 0 Å². The normalized spacial score (nSPS) is 25.1. The van der Waals surface area contributed by atoms with Crippen LogP contribution in [0.25, 0.3) is 0 Å². The predicted octanol–water partition coefficient (Wildman–Crippen LogP) is -0.0866. The van der Waals surface area contributed by atoms with Gasteiger partial charge in [-0.05, 0) is 14.1 Å². The lowest BCUT2D eigenvalue weighted by Crippen LogP contribution is -2.34. The van der Waals surface area contributed by atoms with Crippen molar-refractivity contribution in [1.82, 2.24) is 9.80 Å². The molecule has 0 aliphatic carbocycles. The lowest BCUT2D eigenvalue weighted by atomic mass is 10.4. The fourth-order valence-corrected chi connectivity index (χ4v) is 1.55. The fourth-order valence-electron chi connectivity index (χ4n) is 1.55. The average molecular weight is 246 g/mol. The molecule has 0 radical (unpaired) electrons. The number of hydrogen-bond acceptors (Lipinski definition) is 5. The van der Waals surface area contributed by atoms with Crippen LogP contribution in [0.4, 0.5) is 0 Å². The first-order chi connectivity index (χ1) is 8.29. The highest BCUT2D eigenvalue weighted by molar-refractivity contribution is 4.57. The van der Waals surface area contributed by atoms with Gasteiger partial charge in [0.05, 0.1) is 39.6 Å². The van der Waals surface area contributed by atoms with E-state index >= 15 is 0 Å². The van der Waals surface area contributed by atoms with Crippen molar-refractivity contribution in [2.45, 2.75) is 0 Å². The maximum absolute atomic E-state index is 5.49. The van der Waals surface area contributed by atoms with Crippen molar-refractivity contribution in [3.63, 3.8) is 0 Å². The zero-order chi connectivity index (χ0) is 12.3. The van der Waals surface area contributed by atoms with Gasteiger partial charge in [0.2, 0.25) is 0 Å². The maximum atomic E-state index is 5.49. The van der Waals surface area contributed by atoms with E-state index in [4.69, 9.17) is 14.2 Å². The van der Waals surface area contributed by atoms with Crippen LogP contribution in [0.15, 0.2) is 0 Å². The quantitative estimate of drug-likeness (QED) is 0.597. The van der Waals surface area contributed by atoms with E-state index in [1.54, 1.807) is 0 Å². The van der Waals surface area contributed by atoms with Crippen LogP contribution in [-0.4, -0.2) is 89.7 Å². The molecular formula is C12H26N2O3. The summed E-state index contributed by atoms with van der Waals surface area (Å²) in [5.74, 6) is 0. The van der Waals surface area contributed by atoms with Crippen molar-refractivity contribution >= 4 is 0 Å². The summed E-state index contributed by atoms with van der Waals surface area (Å²) >= 11 is 0. The van der Waals surface area contributed by atoms with Crippen molar-refractivity contribution in [2.75, 3.05) is 79.9 Å². The van der Waals surface area contributed by atoms with Crippen molar-refractivity contribution in [3.8, 4) is 0 Å². The second kappa shape index (κ2) is 9.79. The van der Waals surface area contributed by atoms with Crippen LogP contribution in [0.3, 0.4) is 0 Å². The van der Waals surface area contributed by atoms with Crippen LogP contribution in [0.5, 0.6) is 0 Å². The summed E-state index contributed by atoms with van der Waals surface area (Å²) in [5.41, 5.74) is 0. The summed E-state index contributed by atoms with van der Waals surface area (Å²) in [6.07, 6.45) is 0. The molecule has 1 aliphatic rings. The minimum absolute atomic E-state index is 0.660. The molecule has 0 amide bonds. The Morgan fingerprint density at radius 2 is 0.882 bits per heavy atom. The van der Waals surface area contributed by atoms with E-state index < -0.39 is 0 Å². The standard InChI is InChI=1S/C12H26N2O3/c1-13-3-4-14(2)6-8-16-10-12-17-11-9-15-7-5-13/h3-12H2,1-2H3. The Labute approximate surface area is 105 Å². The van der Waals surface area contributed by atoms with E-state index in [1.807, 2.05) is 0 Å².